The SMILES string of the molecule is Cc1cccc(C(F)(F)F)c1COc1cnc(N2CCC(=O)CC2)nc1. The number of carbonyl (C=O) groups is 1. The second-order valence-electron chi connectivity index (χ2n) is 6.13. The van der Waals surface area contributed by atoms with Crippen molar-refractivity contribution in [1.29, 1.82) is 0 Å². The Hall–Kier alpha value is -2.64. The van der Waals surface area contributed by atoms with Crippen molar-refractivity contribution in [3.8, 4) is 5.75 Å². The minimum atomic E-state index is -4.43. The van der Waals surface area contributed by atoms with Crippen LogP contribution in [-0.4, -0.2) is 28.8 Å². The molecule has 26 heavy (non-hydrogen) atoms. The van der Waals surface area contributed by atoms with E-state index in [2.05, 4.69) is 9.97 Å². The first-order valence-corrected chi connectivity index (χ1v) is 8.22. The number of benzene rings is 1. The summed E-state index contributed by atoms with van der Waals surface area (Å²) in [5, 5.41) is 0. The maximum Gasteiger partial charge on any atom is 0.416 e. The summed E-state index contributed by atoms with van der Waals surface area (Å²) in [6.07, 6.45) is -0.629. The molecule has 0 radical (unpaired) electrons. The number of aryl methyl sites for hydroxylation is 1. The van der Waals surface area contributed by atoms with Gasteiger partial charge in [-0.2, -0.15) is 13.2 Å². The Labute approximate surface area is 148 Å². The van der Waals surface area contributed by atoms with Gasteiger partial charge in [0.05, 0.1) is 18.0 Å². The van der Waals surface area contributed by atoms with E-state index >= 15 is 0 Å². The van der Waals surface area contributed by atoms with Crippen LogP contribution >= 0.6 is 0 Å². The number of carbonyl (C=O) groups excluding carboxylic acids is 1. The quantitative estimate of drug-likeness (QED) is 0.829. The number of ether oxygens (including phenoxy) is 1. The van der Waals surface area contributed by atoms with Gasteiger partial charge in [0.2, 0.25) is 5.95 Å². The molecular formula is C18H18F3N3O2. The zero-order chi connectivity index (χ0) is 18.7. The fraction of sp³-hybridized carbons (Fsp3) is 0.389. The van der Waals surface area contributed by atoms with Crippen LogP contribution in [0.1, 0.15) is 29.5 Å². The lowest BCUT2D eigenvalue weighted by atomic mass is 10.0. The molecule has 0 N–H and O–H groups in total. The van der Waals surface area contributed by atoms with E-state index in [1.165, 1.54) is 18.5 Å². The number of alkyl halides is 3. The van der Waals surface area contributed by atoms with Crippen LogP contribution in [0.15, 0.2) is 30.6 Å². The monoisotopic (exact) mass is 365 g/mol. The molecule has 2 heterocycles. The zero-order valence-corrected chi connectivity index (χ0v) is 14.2. The number of piperidine rings is 1. The van der Waals surface area contributed by atoms with Gasteiger partial charge in [-0.3, -0.25) is 4.79 Å². The van der Waals surface area contributed by atoms with Gasteiger partial charge in [0.15, 0.2) is 5.75 Å². The molecule has 0 bridgehead atoms. The van der Waals surface area contributed by atoms with Gasteiger partial charge in [0.25, 0.3) is 0 Å². The second-order valence-corrected chi connectivity index (χ2v) is 6.13. The summed E-state index contributed by atoms with van der Waals surface area (Å²) in [5.74, 6) is 0.995. The molecule has 8 heteroatoms. The van der Waals surface area contributed by atoms with Gasteiger partial charge in [-0.25, -0.2) is 9.97 Å². The van der Waals surface area contributed by atoms with Gasteiger partial charge in [0.1, 0.15) is 12.4 Å². The summed E-state index contributed by atoms with van der Waals surface area (Å²) in [6, 6.07) is 4.04. The smallest absolute Gasteiger partial charge is 0.416 e. The highest BCUT2D eigenvalue weighted by Gasteiger charge is 2.33. The maximum atomic E-state index is 13.1. The first kappa shape index (κ1) is 18.2. The third kappa shape index (κ3) is 4.12. The summed E-state index contributed by atoms with van der Waals surface area (Å²) >= 11 is 0. The molecule has 1 aromatic carbocycles. The molecule has 1 fully saturated rings. The summed E-state index contributed by atoms with van der Waals surface area (Å²) in [4.78, 5) is 21.5. The molecule has 1 aliphatic rings. The maximum absolute atomic E-state index is 13.1. The number of ketones is 1. The van der Waals surface area contributed by atoms with E-state index in [1.54, 1.807) is 13.0 Å². The van der Waals surface area contributed by atoms with Crippen LogP contribution in [0.3, 0.4) is 0 Å². The third-order valence-electron chi connectivity index (χ3n) is 4.32. The first-order valence-electron chi connectivity index (χ1n) is 8.22. The van der Waals surface area contributed by atoms with Crippen LogP contribution in [0.2, 0.25) is 0 Å². The van der Waals surface area contributed by atoms with Crippen molar-refractivity contribution >= 4 is 11.7 Å². The molecule has 138 valence electrons. The van der Waals surface area contributed by atoms with Gasteiger partial charge < -0.3 is 9.64 Å². The van der Waals surface area contributed by atoms with Crippen molar-refractivity contribution in [1.82, 2.24) is 9.97 Å². The zero-order valence-electron chi connectivity index (χ0n) is 14.2. The van der Waals surface area contributed by atoms with E-state index in [9.17, 15) is 18.0 Å². The van der Waals surface area contributed by atoms with Gasteiger partial charge in [-0.05, 0) is 18.6 Å². The van der Waals surface area contributed by atoms with Crippen molar-refractivity contribution in [3.05, 3.63) is 47.3 Å². The van der Waals surface area contributed by atoms with Crippen LogP contribution in [0.25, 0.3) is 0 Å². The molecule has 0 unspecified atom stereocenters. The van der Waals surface area contributed by atoms with E-state index in [4.69, 9.17) is 4.74 Å². The van der Waals surface area contributed by atoms with E-state index in [0.29, 0.717) is 43.2 Å². The first-order chi connectivity index (χ1) is 12.3. The predicted molar refractivity (Wildman–Crippen MR) is 89.0 cm³/mol. The molecule has 0 aliphatic carbocycles. The Morgan fingerprint density at radius 1 is 1.15 bits per heavy atom. The Bertz CT molecular complexity index is 781. The Kier molecular flexibility index (Phi) is 5.11. The standard InChI is InChI=1S/C18H18F3N3O2/c1-12-3-2-4-16(18(19,20)21)15(12)11-26-14-9-22-17(23-10-14)24-7-5-13(25)6-8-24/h2-4,9-10H,5-8,11H2,1H3. The average Bonchev–Trinajstić information content (AvgIpc) is 2.61. The number of hydrogen-bond donors (Lipinski definition) is 0. The molecule has 1 saturated heterocycles. The normalized spacial score (nSPS) is 15.2. The van der Waals surface area contributed by atoms with Crippen molar-refractivity contribution in [2.75, 3.05) is 18.0 Å². The number of rotatable bonds is 4. The molecule has 2 aromatic rings. The number of nitrogens with zero attached hydrogens (tertiary/aromatic N) is 3. The minimum absolute atomic E-state index is 0.0959. The largest absolute Gasteiger partial charge is 0.486 e. The minimum Gasteiger partial charge on any atom is -0.486 e. The Morgan fingerprint density at radius 2 is 1.81 bits per heavy atom. The van der Waals surface area contributed by atoms with E-state index in [-0.39, 0.29) is 18.0 Å². The number of halogens is 3. The number of aromatic nitrogens is 2. The topological polar surface area (TPSA) is 55.3 Å². The molecule has 1 aliphatic heterocycles. The van der Waals surface area contributed by atoms with Crippen LogP contribution in [-0.2, 0) is 17.6 Å². The lowest BCUT2D eigenvalue weighted by Gasteiger charge is -2.25. The van der Waals surface area contributed by atoms with E-state index in [0.717, 1.165) is 6.07 Å². The summed E-state index contributed by atoms with van der Waals surface area (Å²) in [6.45, 7) is 2.53. The summed E-state index contributed by atoms with van der Waals surface area (Å²) in [5.41, 5.74) is -0.0954. The number of anilines is 1. The van der Waals surface area contributed by atoms with Crippen molar-refractivity contribution < 1.29 is 22.7 Å². The van der Waals surface area contributed by atoms with Gasteiger partial charge in [0, 0.05) is 31.5 Å². The second kappa shape index (κ2) is 7.31. The predicted octanol–water partition coefficient (Wildman–Crippen LogP) is 3.55. The number of Topliss-reactive ketones (excluding diaryl/α,β-unsaturated/α-hetero) is 1. The molecule has 0 atom stereocenters. The van der Waals surface area contributed by atoms with Gasteiger partial charge in [-0.15, -0.1) is 0 Å². The summed E-state index contributed by atoms with van der Waals surface area (Å²) < 4.78 is 44.9. The molecule has 0 amide bonds. The van der Waals surface area contributed by atoms with Gasteiger partial charge in [-0.1, -0.05) is 12.1 Å². The fourth-order valence-electron chi connectivity index (χ4n) is 2.82. The molecule has 0 spiro atoms. The Balaban J connectivity index is 1.68. The highest BCUT2D eigenvalue weighted by molar-refractivity contribution is 5.80. The lowest BCUT2D eigenvalue weighted by molar-refractivity contribution is -0.138. The average molecular weight is 365 g/mol. The van der Waals surface area contributed by atoms with Crippen LogP contribution in [0, 0.1) is 6.92 Å². The molecule has 1 aromatic heterocycles. The van der Waals surface area contributed by atoms with E-state index < -0.39 is 11.7 Å². The Morgan fingerprint density at radius 3 is 2.42 bits per heavy atom. The molecule has 5 nitrogen and oxygen atoms in total. The fourth-order valence-corrected chi connectivity index (χ4v) is 2.82. The lowest BCUT2D eigenvalue weighted by Crippen LogP contribution is -2.34. The van der Waals surface area contributed by atoms with Crippen molar-refractivity contribution in [2.45, 2.75) is 32.5 Å². The van der Waals surface area contributed by atoms with Crippen molar-refractivity contribution in [3.63, 3.8) is 0 Å². The van der Waals surface area contributed by atoms with Crippen LogP contribution in [0.5, 0.6) is 5.75 Å². The van der Waals surface area contributed by atoms with Crippen LogP contribution < -0.4 is 9.64 Å². The molecule has 0 saturated carbocycles. The highest BCUT2D eigenvalue weighted by atomic mass is 19.4. The van der Waals surface area contributed by atoms with Crippen molar-refractivity contribution in [2.24, 2.45) is 0 Å². The number of hydrogen-bond acceptors (Lipinski definition) is 5. The molecular weight excluding hydrogens is 347 g/mol. The van der Waals surface area contributed by atoms with E-state index in [1.807, 2.05) is 4.90 Å². The third-order valence-corrected chi connectivity index (χ3v) is 4.32. The van der Waals surface area contributed by atoms with Crippen LogP contribution in [0.4, 0.5) is 19.1 Å². The molecule has 3 rings (SSSR count). The van der Waals surface area contributed by atoms with Gasteiger partial charge >= 0.3 is 6.18 Å². The highest BCUT2D eigenvalue weighted by Crippen LogP contribution is 2.33. The summed E-state index contributed by atoms with van der Waals surface area (Å²) in [7, 11) is 0.